The van der Waals surface area contributed by atoms with Crippen LogP contribution in [0.3, 0.4) is 0 Å². The number of benzene rings is 1. The maximum Gasteiger partial charge on any atom is 0.256 e. The van der Waals surface area contributed by atoms with Crippen LogP contribution in [0.25, 0.3) is 0 Å². The average Bonchev–Trinajstić information content (AvgIpc) is 2.53. The van der Waals surface area contributed by atoms with Crippen LogP contribution in [0.1, 0.15) is 23.7 Å². The van der Waals surface area contributed by atoms with E-state index < -0.39 is 6.04 Å². The number of fused-ring (bicyclic) bond motifs is 1. The third-order valence-corrected chi connectivity index (χ3v) is 3.49. The van der Waals surface area contributed by atoms with Crippen molar-refractivity contribution >= 4 is 17.5 Å². The van der Waals surface area contributed by atoms with Gasteiger partial charge in [-0.3, -0.25) is 9.59 Å². The number of hydrogen-bond donors (Lipinski definition) is 1. The Bertz CT molecular complexity index is 556. The molecule has 0 spiro atoms. The molecule has 0 saturated carbocycles. The van der Waals surface area contributed by atoms with Crippen LogP contribution in [-0.2, 0) is 4.79 Å². The van der Waals surface area contributed by atoms with E-state index in [1.165, 1.54) is 19.1 Å². The van der Waals surface area contributed by atoms with Gasteiger partial charge >= 0.3 is 0 Å². The van der Waals surface area contributed by atoms with Gasteiger partial charge in [0.2, 0.25) is 5.91 Å². The van der Waals surface area contributed by atoms with Crippen LogP contribution >= 0.6 is 0 Å². The van der Waals surface area contributed by atoms with Gasteiger partial charge in [-0.25, -0.2) is 0 Å². The second-order valence-corrected chi connectivity index (χ2v) is 4.58. The Hall–Kier alpha value is -2.24. The molecular formula is C14H18N2O4. The lowest BCUT2D eigenvalue weighted by atomic mass is 10.1. The third kappa shape index (κ3) is 2.17. The number of ether oxygens (including phenoxy) is 2. The first-order chi connectivity index (χ1) is 9.53. The molecule has 0 bridgehead atoms. The maximum absolute atomic E-state index is 12.5. The minimum absolute atomic E-state index is 0.200. The van der Waals surface area contributed by atoms with Gasteiger partial charge in [0, 0.05) is 13.1 Å². The first-order valence-corrected chi connectivity index (χ1v) is 6.37. The fourth-order valence-corrected chi connectivity index (χ4v) is 2.34. The molecule has 1 N–H and O–H groups in total. The number of hydrogen-bond acceptors (Lipinski definition) is 4. The molecule has 1 aliphatic heterocycles. The number of rotatable bonds is 3. The van der Waals surface area contributed by atoms with E-state index in [2.05, 4.69) is 5.32 Å². The quantitative estimate of drug-likeness (QED) is 0.910. The first kappa shape index (κ1) is 14.2. The van der Waals surface area contributed by atoms with Crippen LogP contribution in [0.15, 0.2) is 12.1 Å². The predicted molar refractivity (Wildman–Crippen MR) is 74.3 cm³/mol. The van der Waals surface area contributed by atoms with Crippen molar-refractivity contribution in [1.29, 1.82) is 0 Å². The first-order valence-electron chi connectivity index (χ1n) is 6.37. The number of carbonyl (C=O) groups excluding carboxylic acids is 2. The van der Waals surface area contributed by atoms with E-state index >= 15 is 0 Å². The molecular weight excluding hydrogens is 260 g/mol. The molecule has 6 nitrogen and oxygen atoms in total. The Morgan fingerprint density at radius 3 is 2.35 bits per heavy atom. The Morgan fingerprint density at radius 1 is 1.20 bits per heavy atom. The normalized spacial score (nSPS) is 18.2. The van der Waals surface area contributed by atoms with E-state index in [0.717, 1.165) is 0 Å². The number of anilines is 1. The molecule has 1 aromatic carbocycles. The number of likely N-dealkylation sites (N-methyl/N-ethyl adjacent to an activating group) is 1. The molecule has 0 aliphatic carbocycles. The largest absolute Gasteiger partial charge is 0.493 e. The Kier molecular flexibility index (Phi) is 3.83. The summed E-state index contributed by atoms with van der Waals surface area (Å²) in [5, 5.41) is 2.77. The maximum atomic E-state index is 12.5. The van der Waals surface area contributed by atoms with Gasteiger partial charge in [-0.05, 0) is 12.5 Å². The van der Waals surface area contributed by atoms with Crippen molar-refractivity contribution < 1.29 is 19.1 Å². The number of methoxy groups -OCH3 is 2. The summed E-state index contributed by atoms with van der Waals surface area (Å²) >= 11 is 0. The van der Waals surface area contributed by atoms with Crippen LogP contribution in [0.5, 0.6) is 11.5 Å². The number of amides is 2. The van der Waals surface area contributed by atoms with Crippen molar-refractivity contribution in [3.8, 4) is 11.5 Å². The topological polar surface area (TPSA) is 67.9 Å². The molecule has 2 rings (SSSR count). The van der Waals surface area contributed by atoms with E-state index in [9.17, 15) is 9.59 Å². The highest BCUT2D eigenvalue weighted by Gasteiger charge is 2.32. The standard InChI is InChI=1S/C14H18N2O4/c1-5-10-13(17)15-9-7-12(20-4)11(19-3)6-8(9)14(18)16(10)2/h6-7,10H,5H2,1-4H3,(H,15,17)/t10-/m1/s1. The lowest BCUT2D eigenvalue weighted by molar-refractivity contribution is -0.120. The second kappa shape index (κ2) is 5.40. The molecule has 0 saturated heterocycles. The Morgan fingerprint density at radius 2 is 1.80 bits per heavy atom. The predicted octanol–water partition coefficient (Wildman–Crippen LogP) is 1.51. The summed E-state index contributed by atoms with van der Waals surface area (Å²) in [4.78, 5) is 26.0. The average molecular weight is 278 g/mol. The van der Waals surface area contributed by atoms with Gasteiger partial charge in [0.25, 0.3) is 5.91 Å². The van der Waals surface area contributed by atoms with Gasteiger partial charge in [-0.1, -0.05) is 6.92 Å². The van der Waals surface area contributed by atoms with Crippen molar-refractivity contribution in [3.63, 3.8) is 0 Å². The van der Waals surface area contributed by atoms with E-state index in [1.54, 1.807) is 19.2 Å². The number of carbonyl (C=O) groups is 2. The molecule has 20 heavy (non-hydrogen) atoms. The number of nitrogens with one attached hydrogen (secondary N) is 1. The molecule has 1 atom stereocenters. The molecule has 2 amide bonds. The smallest absolute Gasteiger partial charge is 0.256 e. The lowest BCUT2D eigenvalue weighted by Crippen LogP contribution is -2.42. The summed E-state index contributed by atoms with van der Waals surface area (Å²) in [7, 11) is 4.63. The summed E-state index contributed by atoms with van der Waals surface area (Å²) in [6.45, 7) is 1.87. The Labute approximate surface area is 117 Å². The number of nitrogens with zero attached hydrogens (tertiary/aromatic N) is 1. The molecule has 1 aliphatic rings. The SMILES string of the molecule is CC[C@@H]1C(=O)Nc2cc(OC)c(OC)cc2C(=O)N1C. The second-order valence-electron chi connectivity index (χ2n) is 4.58. The van der Waals surface area contributed by atoms with Gasteiger partial charge in [-0.2, -0.15) is 0 Å². The summed E-state index contributed by atoms with van der Waals surface area (Å²) in [6.07, 6.45) is 0.552. The minimum Gasteiger partial charge on any atom is -0.493 e. The van der Waals surface area contributed by atoms with Gasteiger partial charge in [0.05, 0.1) is 25.5 Å². The van der Waals surface area contributed by atoms with Crippen LogP contribution < -0.4 is 14.8 Å². The molecule has 0 aromatic heterocycles. The fourth-order valence-electron chi connectivity index (χ4n) is 2.34. The van der Waals surface area contributed by atoms with Crippen LogP contribution in [-0.4, -0.2) is 44.0 Å². The summed E-state index contributed by atoms with van der Waals surface area (Å²) in [5.41, 5.74) is 0.843. The summed E-state index contributed by atoms with van der Waals surface area (Å²) in [5.74, 6) is 0.509. The highest BCUT2D eigenvalue weighted by molar-refractivity contribution is 6.10. The molecule has 108 valence electrons. The molecule has 0 unspecified atom stereocenters. The van der Waals surface area contributed by atoms with Crippen molar-refractivity contribution in [1.82, 2.24) is 4.90 Å². The van der Waals surface area contributed by atoms with Crippen molar-refractivity contribution in [2.24, 2.45) is 0 Å². The zero-order valence-corrected chi connectivity index (χ0v) is 12.0. The Balaban J connectivity index is 2.57. The fraction of sp³-hybridized carbons (Fsp3) is 0.429. The van der Waals surface area contributed by atoms with Gasteiger partial charge in [-0.15, -0.1) is 0 Å². The monoisotopic (exact) mass is 278 g/mol. The van der Waals surface area contributed by atoms with Crippen molar-refractivity contribution in [2.75, 3.05) is 26.6 Å². The molecule has 0 fully saturated rings. The van der Waals surface area contributed by atoms with E-state index in [1.807, 2.05) is 6.92 Å². The van der Waals surface area contributed by atoms with Gasteiger partial charge in [0.1, 0.15) is 6.04 Å². The zero-order valence-electron chi connectivity index (χ0n) is 12.0. The minimum atomic E-state index is -0.480. The van der Waals surface area contributed by atoms with Crippen molar-refractivity contribution in [3.05, 3.63) is 17.7 Å². The summed E-state index contributed by atoms with van der Waals surface area (Å²) in [6, 6.07) is 2.72. The third-order valence-electron chi connectivity index (χ3n) is 3.49. The molecule has 0 radical (unpaired) electrons. The van der Waals surface area contributed by atoms with Gasteiger partial charge in [0.15, 0.2) is 11.5 Å². The van der Waals surface area contributed by atoms with E-state index in [0.29, 0.717) is 29.2 Å². The van der Waals surface area contributed by atoms with Crippen LogP contribution in [0.4, 0.5) is 5.69 Å². The van der Waals surface area contributed by atoms with E-state index in [-0.39, 0.29) is 11.8 Å². The van der Waals surface area contributed by atoms with Crippen molar-refractivity contribution in [2.45, 2.75) is 19.4 Å². The van der Waals surface area contributed by atoms with Crippen LogP contribution in [0.2, 0.25) is 0 Å². The zero-order chi connectivity index (χ0) is 14.9. The van der Waals surface area contributed by atoms with Crippen LogP contribution in [0, 0.1) is 0 Å². The molecule has 1 heterocycles. The highest BCUT2D eigenvalue weighted by atomic mass is 16.5. The summed E-state index contributed by atoms with van der Waals surface area (Å²) < 4.78 is 10.4. The van der Waals surface area contributed by atoms with Gasteiger partial charge < -0.3 is 19.7 Å². The molecule has 6 heteroatoms. The molecule has 1 aromatic rings. The van der Waals surface area contributed by atoms with E-state index in [4.69, 9.17) is 9.47 Å². The lowest BCUT2D eigenvalue weighted by Gasteiger charge is -2.22. The highest BCUT2D eigenvalue weighted by Crippen LogP contribution is 2.35.